The standard InChI is InChI=1S/C17H24ClN3O/c1-2-17(7-4-8-19-17)16(22)21-11-9-20(10-12-21)15-6-3-5-14(18)13-15/h3,5-6,13,19H,2,4,7-12H2,1H3. The quantitative estimate of drug-likeness (QED) is 0.929. The second kappa shape index (κ2) is 6.47. The zero-order valence-electron chi connectivity index (χ0n) is 13.1. The van der Waals surface area contributed by atoms with Crippen LogP contribution >= 0.6 is 11.6 Å². The molecule has 1 unspecified atom stereocenters. The molecular formula is C17H24ClN3O. The van der Waals surface area contributed by atoms with Crippen LogP contribution in [0.5, 0.6) is 0 Å². The highest BCUT2D eigenvalue weighted by Gasteiger charge is 2.42. The molecule has 1 amide bonds. The van der Waals surface area contributed by atoms with Crippen molar-refractivity contribution in [2.24, 2.45) is 0 Å². The molecule has 0 aliphatic carbocycles. The van der Waals surface area contributed by atoms with Gasteiger partial charge in [-0.1, -0.05) is 24.6 Å². The molecule has 1 aromatic carbocycles. The van der Waals surface area contributed by atoms with Crippen molar-refractivity contribution in [1.29, 1.82) is 0 Å². The normalized spacial score (nSPS) is 25.5. The summed E-state index contributed by atoms with van der Waals surface area (Å²) in [5.41, 5.74) is 0.835. The van der Waals surface area contributed by atoms with Crippen molar-refractivity contribution in [3.63, 3.8) is 0 Å². The van der Waals surface area contributed by atoms with Crippen LogP contribution in [0.15, 0.2) is 24.3 Å². The van der Waals surface area contributed by atoms with Gasteiger partial charge in [0, 0.05) is 36.9 Å². The Morgan fingerprint density at radius 3 is 2.68 bits per heavy atom. The number of nitrogens with zero attached hydrogens (tertiary/aromatic N) is 2. The topological polar surface area (TPSA) is 35.6 Å². The molecular weight excluding hydrogens is 298 g/mol. The van der Waals surface area contributed by atoms with E-state index in [4.69, 9.17) is 11.6 Å². The van der Waals surface area contributed by atoms with Gasteiger partial charge in [0.25, 0.3) is 0 Å². The van der Waals surface area contributed by atoms with Crippen LogP contribution in [0.4, 0.5) is 5.69 Å². The molecule has 1 atom stereocenters. The number of carbonyl (C=O) groups is 1. The molecule has 3 rings (SSSR count). The molecule has 0 radical (unpaired) electrons. The summed E-state index contributed by atoms with van der Waals surface area (Å²) in [6, 6.07) is 7.94. The van der Waals surface area contributed by atoms with Crippen LogP contribution in [0.25, 0.3) is 0 Å². The summed E-state index contributed by atoms with van der Waals surface area (Å²) >= 11 is 6.07. The fourth-order valence-corrected chi connectivity index (χ4v) is 3.77. The van der Waals surface area contributed by atoms with Crippen molar-refractivity contribution in [3.8, 4) is 0 Å². The van der Waals surface area contributed by atoms with E-state index in [0.29, 0.717) is 5.91 Å². The van der Waals surface area contributed by atoms with E-state index < -0.39 is 0 Å². The zero-order chi connectivity index (χ0) is 15.6. The highest BCUT2D eigenvalue weighted by molar-refractivity contribution is 6.30. The van der Waals surface area contributed by atoms with E-state index in [0.717, 1.165) is 62.7 Å². The van der Waals surface area contributed by atoms with Crippen molar-refractivity contribution in [3.05, 3.63) is 29.3 Å². The third-order valence-electron chi connectivity index (χ3n) is 5.00. The Kier molecular flexibility index (Phi) is 4.59. The third-order valence-corrected chi connectivity index (χ3v) is 5.23. The zero-order valence-corrected chi connectivity index (χ0v) is 13.9. The first-order valence-corrected chi connectivity index (χ1v) is 8.57. The third kappa shape index (κ3) is 2.95. The number of amides is 1. The monoisotopic (exact) mass is 321 g/mol. The summed E-state index contributed by atoms with van der Waals surface area (Å²) < 4.78 is 0. The van der Waals surface area contributed by atoms with Crippen LogP contribution in [-0.2, 0) is 4.79 Å². The predicted octanol–water partition coefficient (Wildman–Crippen LogP) is 2.52. The lowest BCUT2D eigenvalue weighted by atomic mass is 9.92. The molecule has 0 spiro atoms. The minimum atomic E-state index is -0.307. The summed E-state index contributed by atoms with van der Waals surface area (Å²) in [5, 5.41) is 4.21. The van der Waals surface area contributed by atoms with E-state index >= 15 is 0 Å². The van der Waals surface area contributed by atoms with Crippen LogP contribution < -0.4 is 10.2 Å². The smallest absolute Gasteiger partial charge is 0.242 e. The number of piperazine rings is 1. The van der Waals surface area contributed by atoms with Gasteiger partial charge in [0.2, 0.25) is 5.91 Å². The molecule has 2 aliphatic rings. The van der Waals surface area contributed by atoms with E-state index in [9.17, 15) is 4.79 Å². The van der Waals surface area contributed by atoms with Gasteiger partial charge in [-0.25, -0.2) is 0 Å². The van der Waals surface area contributed by atoms with Gasteiger partial charge in [0.1, 0.15) is 0 Å². The Labute approximate surface area is 137 Å². The highest BCUT2D eigenvalue weighted by atomic mass is 35.5. The highest BCUT2D eigenvalue weighted by Crippen LogP contribution is 2.27. The first-order valence-electron chi connectivity index (χ1n) is 8.19. The molecule has 2 heterocycles. The van der Waals surface area contributed by atoms with Crippen molar-refractivity contribution < 1.29 is 4.79 Å². The second-order valence-corrected chi connectivity index (χ2v) is 6.66. The SMILES string of the molecule is CCC1(C(=O)N2CCN(c3cccc(Cl)c3)CC2)CCCN1. The predicted molar refractivity (Wildman–Crippen MR) is 90.5 cm³/mol. The number of anilines is 1. The minimum Gasteiger partial charge on any atom is -0.368 e. The molecule has 0 aromatic heterocycles. The molecule has 1 N–H and O–H groups in total. The minimum absolute atomic E-state index is 0.290. The lowest BCUT2D eigenvalue weighted by Crippen LogP contribution is -2.59. The Balaban J connectivity index is 1.63. The molecule has 2 saturated heterocycles. The van der Waals surface area contributed by atoms with Gasteiger partial charge in [0.05, 0.1) is 5.54 Å². The number of nitrogens with one attached hydrogen (secondary N) is 1. The molecule has 2 fully saturated rings. The number of benzene rings is 1. The Morgan fingerprint density at radius 2 is 2.09 bits per heavy atom. The Bertz CT molecular complexity index is 534. The van der Waals surface area contributed by atoms with Crippen molar-refractivity contribution in [2.45, 2.75) is 31.7 Å². The summed E-state index contributed by atoms with van der Waals surface area (Å²) in [6.07, 6.45) is 2.94. The van der Waals surface area contributed by atoms with Crippen LogP contribution in [0, 0.1) is 0 Å². The van der Waals surface area contributed by atoms with E-state index in [1.54, 1.807) is 0 Å². The molecule has 0 saturated carbocycles. The molecule has 0 bridgehead atoms. The largest absolute Gasteiger partial charge is 0.368 e. The van der Waals surface area contributed by atoms with E-state index in [1.807, 2.05) is 23.1 Å². The lowest BCUT2D eigenvalue weighted by molar-refractivity contribution is -0.138. The Morgan fingerprint density at radius 1 is 1.32 bits per heavy atom. The van der Waals surface area contributed by atoms with Crippen molar-refractivity contribution >= 4 is 23.2 Å². The first-order chi connectivity index (χ1) is 10.6. The second-order valence-electron chi connectivity index (χ2n) is 6.23. The number of hydrogen-bond acceptors (Lipinski definition) is 3. The Hall–Kier alpha value is -1.26. The average Bonchev–Trinajstić information content (AvgIpc) is 3.04. The van der Waals surface area contributed by atoms with Crippen LogP contribution in [-0.4, -0.2) is 49.1 Å². The molecule has 120 valence electrons. The molecule has 2 aliphatic heterocycles. The van der Waals surface area contributed by atoms with Gasteiger partial charge in [-0.05, 0) is 44.0 Å². The summed E-state index contributed by atoms with van der Waals surface area (Å²) in [7, 11) is 0. The van der Waals surface area contributed by atoms with Gasteiger partial charge in [0.15, 0.2) is 0 Å². The summed E-state index contributed by atoms with van der Waals surface area (Å²) in [6.45, 7) is 6.38. The van der Waals surface area contributed by atoms with E-state index in [-0.39, 0.29) is 5.54 Å². The first kappa shape index (κ1) is 15.6. The van der Waals surface area contributed by atoms with Crippen molar-refractivity contribution in [2.75, 3.05) is 37.6 Å². The van der Waals surface area contributed by atoms with Gasteiger partial charge < -0.3 is 15.1 Å². The molecule has 4 nitrogen and oxygen atoms in total. The molecule has 22 heavy (non-hydrogen) atoms. The number of halogens is 1. The van der Waals surface area contributed by atoms with Crippen LogP contribution in [0.1, 0.15) is 26.2 Å². The number of hydrogen-bond donors (Lipinski definition) is 1. The van der Waals surface area contributed by atoms with Gasteiger partial charge in [-0.3, -0.25) is 4.79 Å². The van der Waals surface area contributed by atoms with Crippen LogP contribution in [0.2, 0.25) is 5.02 Å². The summed E-state index contributed by atoms with van der Waals surface area (Å²) in [4.78, 5) is 17.2. The van der Waals surface area contributed by atoms with Gasteiger partial charge in [-0.15, -0.1) is 0 Å². The van der Waals surface area contributed by atoms with Gasteiger partial charge >= 0.3 is 0 Å². The van der Waals surface area contributed by atoms with Crippen LogP contribution in [0.3, 0.4) is 0 Å². The number of carbonyl (C=O) groups excluding carboxylic acids is 1. The fraction of sp³-hybridized carbons (Fsp3) is 0.588. The maximum atomic E-state index is 12.9. The average molecular weight is 322 g/mol. The lowest BCUT2D eigenvalue weighted by Gasteiger charge is -2.40. The molecule has 1 aromatic rings. The fourth-order valence-electron chi connectivity index (χ4n) is 3.58. The van der Waals surface area contributed by atoms with Crippen molar-refractivity contribution in [1.82, 2.24) is 10.2 Å². The van der Waals surface area contributed by atoms with E-state index in [1.165, 1.54) is 0 Å². The molecule has 5 heteroatoms. The van der Waals surface area contributed by atoms with E-state index in [2.05, 4.69) is 23.2 Å². The summed E-state index contributed by atoms with van der Waals surface area (Å²) in [5.74, 6) is 0.290. The van der Waals surface area contributed by atoms with Gasteiger partial charge in [-0.2, -0.15) is 0 Å². The maximum Gasteiger partial charge on any atom is 0.242 e. The number of rotatable bonds is 3. The maximum absolute atomic E-state index is 12.9.